The molecule has 0 fully saturated rings. The zero-order valence-electron chi connectivity index (χ0n) is 9.49. The molecule has 0 saturated heterocycles. The Balaban J connectivity index is 2.89. The summed E-state index contributed by atoms with van der Waals surface area (Å²) in [4.78, 5) is 11.4. The maximum absolute atomic E-state index is 11.4. The lowest BCUT2D eigenvalue weighted by atomic mass is 10.0. The minimum Gasteiger partial charge on any atom is -0.496 e. The van der Waals surface area contributed by atoms with Gasteiger partial charge in [-0.15, -0.1) is 0 Å². The van der Waals surface area contributed by atoms with Crippen molar-refractivity contribution < 1.29 is 14.3 Å². The topological polar surface area (TPSA) is 35.5 Å². The second-order valence-corrected chi connectivity index (χ2v) is 3.82. The summed E-state index contributed by atoms with van der Waals surface area (Å²) in [6, 6.07) is 9.12. The summed E-state index contributed by atoms with van der Waals surface area (Å²) in [7, 11) is 3.06. The summed E-state index contributed by atoms with van der Waals surface area (Å²) in [5.41, 5.74) is 0.310. The highest BCUT2D eigenvalue weighted by molar-refractivity contribution is 6.68. The molecule has 0 spiro atoms. The van der Waals surface area contributed by atoms with Gasteiger partial charge in [-0.3, -0.25) is 4.79 Å². The Labute approximate surface area is 104 Å². The minimum atomic E-state index is -0.564. The van der Waals surface area contributed by atoms with Gasteiger partial charge in [-0.2, -0.15) is 0 Å². The van der Waals surface area contributed by atoms with Gasteiger partial charge in [-0.25, -0.2) is 0 Å². The fourth-order valence-corrected chi connectivity index (χ4v) is 1.99. The number of carbonyl (C=O) groups excluding carboxylic acids is 1. The molecule has 88 valence electrons. The van der Waals surface area contributed by atoms with Crippen LogP contribution in [0, 0.1) is 0 Å². The highest BCUT2D eigenvalue weighted by atomic mass is 35.5. The van der Waals surface area contributed by atoms with Crippen LogP contribution in [0.5, 0.6) is 11.5 Å². The summed E-state index contributed by atoms with van der Waals surface area (Å²) in [6.07, 6.45) is 0. The molecule has 0 aliphatic rings. The Morgan fingerprint density at radius 1 is 1.12 bits per heavy atom. The lowest BCUT2D eigenvalue weighted by Crippen LogP contribution is -1.98. The van der Waals surface area contributed by atoms with E-state index in [1.54, 1.807) is 13.2 Å². The standard InChI is InChI=1S/C13H11ClO3/c1-16-11-7-10(13(14)15)12(17-2)9-6-4-3-5-8(9)11/h3-7H,1-2H3. The number of benzene rings is 2. The summed E-state index contributed by atoms with van der Waals surface area (Å²) >= 11 is 5.54. The van der Waals surface area contributed by atoms with Crippen LogP contribution < -0.4 is 9.47 Å². The molecular weight excluding hydrogens is 240 g/mol. The largest absolute Gasteiger partial charge is 0.496 e. The third-order valence-electron chi connectivity index (χ3n) is 2.59. The number of methoxy groups -OCH3 is 2. The van der Waals surface area contributed by atoms with Crippen molar-refractivity contribution in [3.8, 4) is 11.5 Å². The molecule has 0 aliphatic carbocycles. The van der Waals surface area contributed by atoms with Gasteiger partial charge in [0.25, 0.3) is 5.24 Å². The van der Waals surface area contributed by atoms with Crippen molar-refractivity contribution in [1.82, 2.24) is 0 Å². The molecule has 2 aromatic rings. The van der Waals surface area contributed by atoms with E-state index in [0.29, 0.717) is 17.1 Å². The van der Waals surface area contributed by atoms with Crippen molar-refractivity contribution in [2.75, 3.05) is 14.2 Å². The van der Waals surface area contributed by atoms with E-state index < -0.39 is 5.24 Å². The van der Waals surface area contributed by atoms with Crippen LogP contribution in [0.4, 0.5) is 0 Å². The summed E-state index contributed by atoms with van der Waals surface area (Å²) in [5, 5.41) is 1.12. The van der Waals surface area contributed by atoms with Crippen molar-refractivity contribution >= 4 is 27.6 Å². The van der Waals surface area contributed by atoms with Crippen molar-refractivity contribution in [1.29, 1.82) is 0 Å². The summed E-state index contributed by atoms with van der Waals surface area (Å²) < 4.78 is 10.5. The predicted molar refractivity (Wildman–Crippen MR) is 67.2 cm³/mol. The lowest BCUT2D eigenvalue weighted by molar-refractivity contribution is 0.107. The van der Waals surface area contributed by atoms with Gasteiger partial charge in [0.1, 0.15) is 11.5 Å². The molecule has 2 rings (SSSR count). The Bertz CT molecular complexity index is 578. The Morgan fingerprint density at radius 2 is 1.76 bits per heavy atom. The number of rotatable bonds is 3. The van der Waals surface area contributed by atoms with Crippen molar-refractivity contribution in [2.24, 2.45) is 0 Å². The van der Waals surface area contributed by atoms with Gasteiger partial charge in [0.15, 0.2) is 0 Å². The lowest BCUT2D eigenvalue weighted by Gasteiger charge is -2.12. The van der Waals surface area contributed by atoms with Gasteiger partial charge in [-0.05, 0) is 17.7 Å². The summed E-state index contributed by atoms with van der Waals surface area (Å²) in [6.45, 7) is 0. The van der Waals surface area contributed by atoms with E-state index in [4.69, 9.17) is 21.1 Å². The van der Waals surface area contributed by atoms with E-state index in [0.717, 1.165) is 10.8 Å². The van der Waals surface area contributed by atoms with E-state index in [2.05, 4.69) is 0 Å². The van der Waals surface area contributed by atoms with Gasteiger partial charge < -0.3 is 9.47 Å². The molecule has 4 heteroatoms. The monoisotopic (exact) mass is 250 g/mol. The van der Waals surface area contributed by atoms with E-state index >= 15 is 0 Å². The minimum absolute atomic E-state index is 0.310. The molecule has 0 aromatic heterocycles. The van der Waals surface area contributed by atoms with Crippen molar-refractivity contribution in [2.45, 2.75) is 0 Å². The van der Waals surface area contributed by atoms with Gasteiger partial charge >= 0.3 is 0 Å². The number of ether oxygens (including phenoxy) is 2. The molecule has 0 aliphatic heterocycles. The first-order valence-corrected chi connectivity index (χ1v) is 5.40. The van der Waals surface area contributed by atoms with E-state index in [1.165, 1.54) is 7.11 Å². The highest BCUT2D eigenvalue weighted by Gasteiger charge is 2.16. The van der Waals surface area contributed by atoms with Crippen LogP contribution in [0.1, 0.15) is 10.4 Å². The molecule has 0 saturated carbocycles. The second-order valence-electron chi connectivity index (χ2n) is 3.48. The van der Waals surface area contributed by atoms with Gasteiger partial charge in [0.05, 0.1) is 19.8 Å². The Morgan fingerprint density at radius 3 is 2.29 bits per heavy atom. The zero-order valence-corrected chi connectivity index (χ0v) is 10.2. The van der Waals surface area contributed by atoms with E-state index in [9.17, 15) is 4.79 Å². The Kier molecular flexibility index (Phi) is 3.20. The van der Waals surface area contributed by atoms with Crippen LogP contribution in [-0.4, -0.2) is 19.5 Å². The maximum atomic E-state index is 11.4. The second kappa shape index (κ2) is 4.63. The van der Waals surface area contributed by atoms with E-state index in [1.807, 2.05) is 24.3 Å². The van der Waals surface area contributed by atoms with Gasteiger partial charge in [-0.1, -0.05) is 24.3 Å². The molecule has 0 unspecified atom stereocenters. The molecule has 0 N–H and O–H groups in total. The third kappa shape index (κ3) is 1.94. The predicted octanol–water partition coefficient (Wildman–Crippen LogP) is 3.24. The van der Waals surface area contributed by atoms with Crippen molar-refractivity contribution in [3.63, 3.8) is 0 Å². The molecule has 3 nitrogen and oxygen atoms in total. The highest BCUT2D eigenvalue weighted by Crippen LogP contribution is 2.37. The van der Waals surface area contributed by atoms with Gasteiger partial charge in [0.2, 0.25) is 0 Å². The number of carbonyl (C=O) groups is 1. The number of fused-ring (bicyclic) bond motifs is 1. The first-order valence-electron chi connectivity index (χ1n) is 5.02. The average Bonchev–Trinajstić information content (AvgIpc) is 2.36. The van der Waals surface area contributed by atoms with Crippen LogP contribution in [0.15, 0.2) is 30.3 Å². The van der Waals surface area contributed by atoms with Crippen LogP contribution in [0.25, 0.3) is 10.8 Å². The summed E-state index contributed by atoms with van der Waals surface area (Å²) in [5.74, 6) is 1.08. The first kappa shape index (κ1) is 11.7. The molecule has 0 radical (unpaired) electrons. The van der Waals surface area contributed by atoms with E-state index in [-0.39, 0.29) is 0 Å². The molecule has 17 heavy (non-hydrogen) atoms. The third-order valence-corrected chi connectivity index (χ3v) is 2.80. The smallest absolute Gasteiger partial charge is 0.256 e. The van der Waals surface area contributed by atoms with Crippen LogP contribution in [-0.2, 0) is 0 Å². The first-order chi connectivity index (χ1) is 8.19. The SMILES string of the molecule is COc1cc(C(=O)Cl)c(OC)c2ccccc12. The molecule has 0 atom stereocenters. The maximum Gasteiger partial charge on any atom is 0.256 e. The Hall–Kier alpha value is -1.74. The van der Waals surface area contributed by atoms with Crippen LogP contribution in [0.2, 0.25) is 0 Å². The fourth-order valence-electron chi connectivity index (χ4n) is 1.85. The number of hydrogen-bond donors (Lipinski definition) is 0. The van der Waals surface area contributed by atoms with Crippen LogP contribution >= 0.6 is 11.6 Å². The molecular formula is C13H11ClO3. The molecule has 0 heterocycles. The zero-order chi connectivity index (χ0) is 12.4. The molecule has 0 bridgehead atoms. The molecule has 0 amide bonds. The fraction of sp³-hybridized carbons (Fsp3) is 0.154. The van der Waals surface area contributed by atoms with Crippen molar-refractivity contribution in [3.05, 3.63) is 35.9 Å². The molecule has 2 aromatic carbocycles. The normalized spacial score (nSPS) is 10.3. The number of halogens is 1. The average molecular weight is 251 g/mol. The van der Waals surface area contributed by atoms with Gasteiger partial charge in [0, 0.05) is 10.8 Å². The quantitative estimate of drug-likeness (QED) is 0.785. The number of hydrogen-bond acceptors (Lipinski definition) is 3. The van der Waals surface area contributed by atoms with Crippen LogP contribution in [0.3, 0.4) is 0 Å².